The van der Waals surface area contributed by atoms with Crippen LogP contribution in [0.1, 0.15) is 12.8 Å². The average molecular weight is 308 g/mol. The van der Waals surface area contributed by atoms with E-state index in [1.165, 1.54) is 0 Å². The molecule has 0 unspecified atom stereocenters. The topological polar surface area (TPSA) is 81.7 Å². The lowest BCUT2D eigenvalue weighted by atomic mass is 10.2. The SMILES string of the molecule is c1ccc2c(c1)oc1c(NCCCCn3cnnc3)ncnc12. The van der Waals surface area contributed by atoms with E-state index < -0.39 is 0 Å². The van der Waals surface area contributed by atoms with Crippen molar-refractivity contribution in [1.29, 1.82) is 0 Å². The van der Waals surface area contributed by atoms with Crippen molar-refractivity contribution in [1.82, 2.24) is 24.7 Å². The lowest BCUT2D eigenvalue weighted by Gasteiger charge is -2.05. The quantitative estimate of drug-likeness (QED) is 0.552. The summed E-state index contributed by atoms with van der Waals surface area (Å²) in [4.78, 5) is 8.65. The first-order valence-corrected chi connectivity index (χ1v) is 7.60. The molecule has 0 saturated heterocycles. The second-order valence-electron chi connectivity index (χ2n) is 5.33. The Morgan fingerprint density at radius 2 is 1.91 bits per heavy atom. The molecule has 0 saturated carbocycles. The van der Waals surface area contributed by atoms with Gasteiger partial charge in [-0.25, -0.2) is 9.97 Å². The number of hydrogen-bond donors (Lipinski definition) is 1. The number of rotatable bonds is 6. The van der Waals surface area contributed by atoms with Gasteiger partial charge in [0.25, 0.3) is 0 Å². The van der Waals surface area contributed by atoms with Crippen molar-refractivity contribution in [2.45, 2.75) is 19.4 Å². The van der Waals surface area contributed by atoms with Crippen molar-refractivity contribution >= 4 is 27.9 Å². The van der Waals surface area contributed by atoms with Gasteiger partial charge in [-0.1, -0.05) is 12.1 Å². The molecular formula is C16H16N6O. The van der Waals surface area contributed by atoms with Crippen LogP contribution in [0.4, 0.5) is 5.82 Å². The van der Waals surface area contributed by atoms with Crippen LogP contribution >= 0.6 is 0 Å². The summed E-state index contributed by atoms with van der Waals surface area (Å²) in [7, 11) is 0. The molecule has 0 aliphatic carbocycles. The minimum absolute atomic E-state index is 0.715. The molecule has 0 bridgehead atoms. The number of hydrogen-bond acceptors (Lipinski definition) is 6. The molecule has 0 radical (unpaired) electrons. The first kappa shape index (κ1) is 13.7. The Morgan fingerprint density at radius 3 is 2.83 bits per heavy atom. The zero-order valence-electron chi connectivity index (χ0n) is 12.5. The van der Waals surface area contributed by atoms with E-state index in [0.29, 0.717) is 5.58 Å². The Bertz CT molecular complexity index is 915. The summed E-state index contributed by atoms with van der Waals surface area (Å²) < 4.78 is 7.87. The van der Waals surface area contributed by atoms with E-state index in [-0.39, 0.29) is 0 Å². The first-order chi connectivity index (χ1) is 11.4. The molecule has 4 rings (SSSR count). The summed E-state index contributed by atoms with van der Waals surface area (Å²) in [6.45, 7) is 1.74. The van der Waals surface area contributed by atoms with Gasteiger partial charge in [0, 0.05) is 18.5 Å². The Balaban J connectivity index is 1.44. The number of anilines is 1. The molecule has 0 fully saturated rings. The fourth-order valence-electron chi connectivity index (χ4n) is 2.61. The van der Waals surface area contributed by atoms with Crippen LogP contribution in [-0.2, 0) is 6.54 Å². The fraction of sp³-hybridized carbons (Fsp3) is 0.250. The highest BCUT2D eigenvalue weighted by atomic mass is 16.3. The van der Waals surface area contributed by atoms with E-state index in [2.05, 4.69) is 25.5 Å². The fourth-order valence-corrected chi connectivity index (χ4v) is 2.61. The third-order valence-corrected chi connectivity index (χ3v) is 3.76. The number of nitrogens with zero attached hydrogens (tertiary/aromatic N) is 5. The van der Waals surface area contributed by atoms with Crippen molar-refractivity contribution in [2.75, 3.05) is 11.9 Å². The van der Waals surface area contributed by atoms with E-state index in [1.54, 1.807) is 19.0 Å². The zero-order valence-corrected chi connectivity index (χ0v) is 12.5. The molecule has 7 nitrogen and oxygen atoms in total. The lowest BCUT2D eigenvalue weighted by molar-refractivity contribution is 0.618. The van der Waals surface area contributed by atoms with Crippen LogP contribution < -0.4 is 5.32 Å². The van der Waals surface area contributed by atoms with Gasteiger partial charge >= 0.3 is 0 Å². The molecule has 0 aliphatic heterocycles. The normalized spacial score (nSPS) is 11.3. The molecule has 3 aromatic heterocycles. The summed E-state index contributed by atoms with van der Waals surface area (Å²) in [5.41, 5.74) is 2.40. The zero-order chi connectivity index (χ0) is 15.5. The van der Waals surface area contributed by atoms with Crippen LogP contribution in [0, 0.1) is 0 Å². The summed E-state index contributed by atoms with van der Waals surface area (Å²) in [6.07, 6.45) is 7.10. The third kappa shape index (κ3) is 2.73. The second kappa shape index (κ2) is 6.04. The van der Waals surface area contributed by atoms with Crippen LogP contribution in [0.2, 0.25) is 0 Å². The molecule has 0 aliphatic rings. The largest absolute Gasteiger partial charge is 0.450 e. The maximum absolute atomic E-state index is 5.89. The molecule has 23 heavy (non-hydrogen) atoms. The number of unbranched alkanes of at least 4 members (excludes halogenated alkanes) is 1. The number of aryl methyl sites for hydroxylation is 1. The van der Waals surface area contributed by atoms with Crippen LogP contribution in [0.3, 0.4) is 0 Å². The number of fused-ring (bicyclic) bond motifs is 3. The Kier molecular flexibility index (Phi) is 3.59. The average Bonchev–Trinajstić information content (AvgIpc) is 3.22. The van der Waals surface area contributed by atoms with Crippen molar-refractivity contribution in [2.24, 2.45) is 0 Å². The van der Waals surface area contributed by atoms with E-state index >= 15 is 0 Å². The molecule has 0 amide bonds. The summed E-state index contributed by atoms with van der Waals surface area (Å²) in [5.74, 6) is 0.746. The maximum Gasteiger partial charge on any atom is 0.196 e. The van der Waals surface area contributed by atoms with Crippen molar-refractivity contribution in [3.8, 4) is 0 Å². The monoisotopic (exact) mass is 308 g/mol. The number of para-hydroxylation sites is 1. The molecule has 116 valence electrons. The molecular weight excluding hydrogens is 292 g/mol. The van der Waals surface area contributed by atoms with Gasteiger partial charge in [-0.3, -0.25) is 0 Å². The predicted molar refractivity (Wildman–Crippen MR) is 87.1 cm³/mol. The van der Waals surface area contributed by atoms with Gasteiger partial charge in [-0.2, -0.15) is 0 Å². The minimum Gasteiger partial charge on any atom is -0.450 e. The standard InChI is InChI=1S/C16H16N6O/c1-2-6-13-12(5-1)14-15(23-13)16(19-9-18-14)17-7-3-4-8-22-10-20-21-11-22/h1-2,5-6,9-11H,3-4,7-8H2,(H,17,18,19). The Hall–Kier alpha value is -2.96. The predicted octanol–water partition coefficient (Wildman–Crippen LogP) is 2.86. The lowest BCUT2D eigenvalue weighted by Crippen LogP contribution is -2.05. The first-order valence-electron chi connectivity index (χ1n) is 7.60. The molecule has 4 aromatic rings. The van der Waals surface area contributed by atoms with Gasteiger partial charge in [0.15, 0.2) is 11.4 Å². The van der Waals surface area contributed by atoms with Crippen molar-refractivity contribution in [3.63, 3.8) is 0 Å². The van der Waals surface area contributed by atoms with E-state index in [4.69, 9.17) is 4.42 Å². The molecule has 1 aromatic carbocycles. The van der Waals surface area contributed by atoms with Gasteiger partial charge in [0.05, 0.1) is 0 Å². The third-order valence-electron chi connectivity index (χ3n) is 3.76. The molecule has 0 atom stereocenters. The highest BCUT2D eigenvalue weighted by Crippen LogP contribution is 2.30. The van der Waals surface area contributed by atoms with E-state index in [1.807, 2.05) is 28.8 Å². The number of nitrogens with one attached hydrogen (secondary N) is 1. The smallest absolute Gasteiger partial charge is 0.196 e. The van der Waals surface area contributed by atoms with Crippen LogP contribution in [0.15, 0.2) is 47.7 Å². The van der Waals surface area contributed by atoms with Gasteiger partial charge < -0.3 is 14.3 Å². The molecule has 7 heteroatoms. The van der Waals surface area contributed by atoms with E-state index in [9.17, 15) is 0 Å². The molecule has 3 heterocycles. The number of aromatic nitrogens is 5. The maximum atomic E-state index is 5.89. The van der Waals surface area contributed by atoms with Gasteiger partial charge in [0.1, 0.15) is 30.1 Å². The Morgan fingerprint density at radius 1 is 1.04 bits per heavy atom. The van der Waals surface area contributed by atoms with E-state index in [0.717, 1.165) is 48.2 Å². The van der Waals surface area contributed by atoms with Crippen LogP contribution in [0.25, 0.3) is 22.1 Å². The summed E-state index contributed by atoms with van der Waals surface area (Å²) in [5, 5.41) is 11.9. The van der Waals surface area contributed by atoms with Gasteiger partial charge in [-0.15, -0.1) is 10.2 Å². The highest BCUT2D eigenvalue weighted by Gasteiger charge is 2.12. The van der Waals surface area contributed by atoms with Crippen molar-refractivity contribution in [3.05, 3.63) is 43.2 Å². The van der Waals surface area contributed by atoms with Crippen LogP contribution in [-0.4, -0.2) is 31.3 Å². The Labute approximate surface area is 132 Å². The molecule has 1 N–H and O–H groups in total. The minimum atomic E-state index is 0.715. The van der Waals surface area contributed by atoms with Gasteiger partial charge in [-0.05, 0) is 25.0 Å². The summed E-state index contributed by atoms with van der Waals surface area (Å²) in [6, 6.07) is 7.89. The number of furan rings is 1. The van der Waals surface area contributed by atoms with Crippen molar-refractivity contribution < 1.29 is 4.42 Å². The molecule has 0 spiro atoms. The van der Waals surface area contributed by atoms with Crippen LogP contribution in [0.5, 0.6) is 0 Å². The highest BCUT2D eigenvalue weighted by molar-refractivity contribution is 6.05. The summed E-state index contributed by atoms with van der Waals surface area (Å²) >= 11 is 0. The van der Waals surface area contributed by atoms with Gasteiger partial charge in [0.2, 0.25) is 0 Å². The second-order valence-corrected chi connectivity index (χ2v) is 5.33. The number of benzene rings is 1.